The Balaban J connectivity index is 1.82. The van der Waals surface area contributed by atoms with Crippen LogP contribution in [0.2, 0.25) is 0 Å². The number of ether oxygens (including phenoxy) is 3. The number of nitro benzene ring substituents is 1. The molecule has 0 fully saturated rings. The van der Waals surface area contributed by atoms with Crippen LogP contribution in [0.4, 0.5) is 5.69 Å². The van der Waals surface area contributed by atoms with E-state index in [-0.39, 0.29) is 24.5 Å². The van der Waals surface area contributed by atoms with Gasteiger partial charge in [-0.1, -0.05) is 0 Å². The van der Waals surface area contributed by atoms with Crippen LogP contribution < -0.4 is 4.74 Å². The molecular weight excluding hydrogens is 334 g/mol. The second-order valence-electron chi connectivity index (χ2n) is 4.87. The van der Waals surface area contributed by atoms with E-state index in [1.54, 1.807) is 6.92 Å². The van der Waals surface area contributed by atoms with Gasteiger partial charge in [0.05, 0.1) is 12.0 Å². The molecule has 9 nitrogen and oxygen atoms in total. The van der Waals surface area contributed by atoms with Gasteiger partial charge in [0.25, 0.3) is 5.69 Å². The first kappa shape index (κ1) is 18.0. The lowest BCUT2D eigenvalue weighted by Gasteiger charge is -2.05. The molecule has 1 aromatic carbocycles. The van der Waals surface area contributed by atoms with Crippen molar-refractivity contribution < 1.29 is 33.1 Å². The Labute approximate surface area is 142 Å². The van der Waals surface area contributed by atoms with E-state index >= 15 is 0 Å². The summed E-state index contributed by atoms with van der Waals surface area (Å²) in [4.78, 5) is 33.1. The van der Waals surface area contributed by atoms with Gasteiger partial charge in [-0.05, 0) is 25.1 Å². The Hall–Kier alpha value is -3.36. The summed E-state index contributed by atoms with van der Waals surface area (Å²) in [7, 11) is 1.25. The number of carbonyl (C=O) groups excluding carboxylic acids is 2. The van der Waals surface area contributed by atoms with E-state index in [4.69, 9.17) is 13.9 Å². The molecule has 1 aromatic heterocycles. The van der Waals surface area contributed by atoms with E-state index in [1.165, 1.54) is 37.4 Å². The van der Waals surface area contributed by atoms with Gasteiger partial charge >= 0.3 is 11.9 Å². The number of hydrogen-bond acceptors (Lipinski definition) is 8. The van der Waals surface area contributed by atoms with Crippen LogP contribution in [0, 0.1) is 17.0 Å². The largest absolute Gasteiger partial charge is 0.482 e. The summed E-state index contributed by atoms with van der Waals surface area (Å²) in [6.07, 6.45) is 0. The molecule has 1 heterocycles. The van der Waals surface area contributed by atoms with Crippen molar-refractivity contribution >= 4 is 17.6 Å². The molecule has 132 valence electrons. The zero-order valence-electron chi connectivity index (χ0n) is 13.5. The average Bonchev–Trinajstić information content (AvgIpc) is 2.98. The van der Waals surface area contributed by atoms with Crippen LogP contribution in [-0.2, 0) is 20.9 Å². The normalized spacial score (nSPS) is 10.2. The van der Waals surface area contributed by atoms with Crippen molar-refractivity contribution in [3.63, 3.8) is 0 Å². The van der Waals surface area contributed by atoms with Gasteiger partial charge in [0, 0.05) is 12.1 Å². The number of furan rings is 1. The van der Waals surface area contributed by atoms with Gasteiger partial charge in [-0.3, -0.25) is 10.1 Å². The first-order valence-electron chi connectivity index (χ1n) is 7.11. The molecule has 2 aromatic rings. The van der Waals surface area contributed by atoms with Crippen LogP contribution in [-0.4, -0.2) is 30.6 Å². The minimum absolute atomic E-state index is 0.0791. The van der Waals surface area contributed by atoms with Crippen molar-refractivity contribution in [3.8, 4) is 5.75 Å². The number of nitro groups is 1. The number of methoxy groups -OCH3 is 1. The summed E-state index contributed by atoms with van der Waals surface area (Å²) in [6.45, 7) is 1.05. The predicted molar refractivity (Wildman–Crippen MR) is 83.2 cm³/mol. The first-order chi connectivity index (χ1) is 11.9. The smallest absolute Gasteiger partial charge is 0.344 e. The van der Waals surface area contributed by atoms with Gasteiger partial charge in [-0.25, -0.2) is 9.59 Å². The van der Waals surface area contributed by atoms with Crippen LogP contribution in [0.1, 0.15) is 21.9 Å². The summed E-state index contributed by atoms with van der Waals surface area (Å²) in [5, 5.41) is 10.5. The molecule has 0 amide bonds. The number of aryl methyl sites for hydroxylation is 1. The highest BCUT2D eigenvalue weighted by molar-refractivity contribution is 5.90. The summed E-state index contributed by atoms with van der Waals surface area (Å²) in [6, 6.07) is 6.72. The number of nitrogens with zero attached hydrogens (tertiary/aromatic N) is 1. The Morgan fingerprint density at radius 3 is 2.52 bits per heavy atom. The average molecular weight is 349 g/mol. The number of esters is 2. The highest BCUT2D eigenvalue weighted by atomic mass is 16.6. The monoisotopic (exact) mass is 349 g/mol. The van der Waals surface area contributed by atoms with E-state index in [0.29, 0.717) is 17.3 Å². The van der Waals surface area contributed by atoms with Crippen molar-refractivity contribution in [1.82, 2.24) is 0 Å². The third kappa shape index (κ3) is 4.80. The quantitative estimate of drug-likeness (QED) is 0.425. The summed E-state index contributed by atoms with van der Waals surface area (Å²) in [5.41, 5.74) is 0.181. The standard InChI is InChI=1S/C16H15NO8/c1-10-14(16(19)22-2)7-13(25-10)8-24-15(18)9-23-12-5-3-11(4-6-12)17(20)21/h3-7H,8-9H2,1-2H3. The number of non-ortho nitro benzene ring substituents is 1. The fraction of sp³-hybridized carbons (Fsp3) is 0.250. The third-order valence-corrected chi connectivity index (χ3v) is 3.15. The van der Waals surface area contributed by atoms with E-state index < -0.39 is 16.9 Å². The Morgan fingerprint density at radius 1 is 1.24 bits per heavy atom. The number of rotatable bonds is 7. The van der Waals surface area contributed by atoms with Gasteiger partial charge in [0.2, 0.25) is 0 Å². The molecule has 2 rings (SSSR count). The lowest BCUT2D eigenvalue weighted by Crippen LogP contribution is -2.14. The molecule has 0 spiro atoms. The number of carbonyl (C=O) groups is 2. The van der Waals surface area contributed by atoms with E-state index in [0.717, 1.165) is 0 Å². The molecule has 0 aliphatic rings. The SMILES string of the molecule is COC(=O)c1cc(COC(=O)COc2ccc([N+](=O)[O-])cc2)oc1C. The van der Waals surface area contributed by atoms with Gasteiger partial charge in [-0.2, -0.15) is 0 Å². The van der Waals surface area contributed by atoms with Crippen LogP contribution in [0.25, 0.3) is 0 Å². The maximum atomic E-state index is 11.7. The van der Waals surface area contributed by atoms with Gasteiger partial charge < -0.3 is 18.6 Å². The lowest BCUT2D eigenvalue weighted by molar-refractivity contribution is -0.384. The molecule has 0 aliphatic carbocycles. The summed E-state index contributed by atoms with van der Waals surface area (Å²) in [5.74, 6) is -0.252. The predicted octanol–water partition coefficient (Wildman–Crippen LogP) is 2.41. The fourth-order valence-corrected chi connectivity index (χ4v) is 1.93. The number of benzene rings is 1. The van der Waals surface area contributed by atoms with Crippen LogP contribution in [0.5, 0.6) is 5.75 Å². The first-order valence-corrected chi connectivity index (χ1v) is 7.11. The molecule has 25 heavy (non-hydrogen) atoms. The molecule has 0 atom stereocenters. The fourth-order valence-electron chi connectivity index (χ4n) is 1.93. The molecule has 9 heteroatoms. The lowest BCUT2D eigenvalue weighted by atomic mass is 10.2. The van der Waals surface area contributed by atoms with Gasteiger partial charge in [-0.15, -0.1) is 0 Å². The van der Waals surface area contributed by atoms with Gasteiger partial charge in [0.1, 0.15) is 29.4 Å². The van der Waals surface area contributed by atoms with Crippen LogP contribution in [0.3, 0.4) is 0 Å². The van der Waals surface area contributed by atoms with Crippen LogP contribution >= 0.6 is 0 Å². The van der Waals surface area contributed by atoms with Crippen molar-refractivity contribution in [2.45, 2.75) is 13.5 Å². The zero-order valence-corrected chi connectivity index (χ0v) is 13.5. The maximum Gasteiger partial charge on any atom is 0.344 e. The molecule has 0 bridgehead atoms. The van der Waals surface area contributed by atoms with E-state index in [1.807, 2.05) is 0 Å². The zero-order chi connectivity index (χ0) is 18.4. The molecule has 0 unspecified atom stereocenters. The minimum atomic E-state index is -0.660. The van der Waals surface area contributed by atoms with Crippen molar-refractivity contribution in [2.24, 2.45) is 0 Å². The van der Waals surface area contributed by atoms with Gasteiger partial charge in [0.15, 0.2) is 6.61 Å². The van der Waals surface area contributed by atoms with Crippen molar-refractivity contribution in [2.75, 3.05) is 13.7 Å². The second kappa shape index (κ2) is 7.95. The molecule has 0 N–H and O–H groups in total. The van der Waals surface area contributed by atoms with E-state index in [2.05, 4.69) is 4.74 Å². The summed E-state index contributed by atoms with van der Waals surface area (Å²) < 4.78 is 20.1. The molecule has 0 aliphatic heterocycles. The Bertz CT molecular complexity index is 778. The molecule has 0 saturated heterocycles. The Kier molecular flexibility index (Phi) is 5.72. The third-order valence-electron chi connectivity index (χ3n) is 3.15. The van der Waals surface area contributed by atoms with E-state index in [9.17, 15) is 19.7 Å². The topological polar surface area (TPSA) is 118 Å². The second-order valence-corrected chi connectivity index (χ2v) is 4.87. The highest BCUT2D eigenvalue weighted by Gasteiger charge is 2.16. The summed E-state index contributed by atoms with van der Waals surface area (Å²) >= 11 is 0. The maximum absolute atomic E-state index is 11.7. The minimum Gasteiger partial charge on any atom is -0.482 e. The Morgan fingerprint density at radius 2 is 1.92 bits per heavy atom. The number of hydrogen-bond donors (Lipinski definition) is 0. The highest BCUT2D eigenvalue weighted by Crippen LogP contribution is 2.18. The molecular formula is C16H15NO8. The van der Waals surface area contributed by atoms with Crippen LogP contribution in [0.15, 0.2) is 34.7 Å². The molecule has 0 radical (unpaired) electrons. The molecule has 0 saturated carbocycles. The van der Waals surface area contributed by atoms with Crippen molar-refractivity contribution in [3.05, 3.63) is 57.5 Å². The van der Waals surface area contributed by atoms with Crippen molar-refractivity contribution in [1.29, 1.82) is 0 Å².